The van der Waals surface area contributed by atoms with E-state index in [1.54, 1.807) is 13.2 Å². The van der Waals surface area contributed by atoms with Crippen LogP contribution in [0.15, 0.2) is 24.8 Å². The van der Waals surface area contributed by atoms with Crippen molar-refractivity contribution in [1.82, 2.24) is 10.6 Å². The van der Waals surface area contributed by atoms with Gasteiger partial charge in [0.15, 0.2) is 0 Å². The predicted octanol–water partition coefficient (Wildman–Crippen LogP) is 2.50. The monoisotopic (exact) mass is 452 g/mol. The number of amides is 1. The van der Waals surface area contributed by atoms with Crippen LogP contribution in [0.3, 0.4) is 0 Å². The number of hydrogen-bond donors (Lipinski definition) is 4. The van der Waals surface area contributed by atoms with Crippen molar-refractivity contribution >= 4 is 17.8 Å². The average molecular weight is 452 g/mol. The highest BCUT2D eigenvalue weighted by Crippen LogP contribution is 2.33. The number of aliphatic carboxylic acids is 2. The van der Waals surface area contributed by atoms with Crippen LogP contribution in [0.25, 0.3) is 0 Å². The van der Waals surface area contributed by atoms with Crippen molar-refractivity contribution < 1.29 is 42.5 Å². The summed E-state index contributed by atoms with van der Waals surface area (Å²) in [6.07, 6.45) is 2.54. The Morgan fingerprint density at radius 3 is 2.19 bits per heavy atom. The Balaban J connectivity index is 0.00000110. The summed E-state index contributed by atoms with van der Waals surface area (Å²) < 4.78 is 37.5. The minimum absolute atomic E-state index is 0.0146. The molecular formula is C20H31F3N2O6. The van der Waals surface area contributed by atoms with Gasteiger partial charge in [-0.3, -0.25) is 14.9 Å². The maximum Gasteiger partial charge on any atom is 0.490 e. The minimum Gasteiger partial charge on any atom is -0.480 e. The summed E-state index contributed by atoms with van der Waals surface area (Å²) >= 11 is 0. The van der Waals surface area contributed by atoms with E-state index in [0.717, 1.165) is 6.42 Å². The molecule has 1 aliphatic heterocycles. The SMILES string of the molecule is C=C[C@@](CCC)(OC)[C@H](NC(C)=O)[C@@H]1N[C@@H](C(=O)O)C[C@H]1/C=C\C.O=C(O)C(F)(F)F. The highest BCUT2D eigenvalue weighted by Gasteiger charge is 2.48. The lowest BCUT2D eigenvalue weighted by Gasteiger charge is -2.42. The van der Waals surface area contributed by atoms with Crippen LogP contribution in [0.5, 0.6) is 0 Å². The second-order valence-electron chi connectivity index (χ2n) is 7.10. The molecule has 1 rings (SSSR count). The van der Waals surface area contributed by atoms with Crippen molar-refractivity contribution in [2.75, 3.05) is 7.11 Å². The molecule has 0 aromatic rings. The molecule has 1 aliphatic rings. The van der Waals surface area contributed by atoms with Crippen molar-refractivity contribution in [2.24, 2.45) is 5.92 Å². The summed E-state index contributed by atoms with van der Waals surface area (Å²) in [6.45, 7) is 9.30. The first-order valence-corrected chi connectivity index (χ1v) is 9.67. The van der Waals surface area contributed by atoms with Gasteiger partial charge >= 0.3 is 18.1 Å². The summed E-state index contributed by atoms with van der Waals surface area (Å²) in [4.78, 5) is 32.1. The molecule has 0 aromatic heterocycles. The van der Waals surface area contributed by atoms with Crippen LogP contribution in [0.2, 0.25) is 0 Å². The fourth-order valence-corrected chi connectivity index (χ4v) is 3.63. The summed E-state index contributed by atoms with van der Waals surface area (Å²) in [5.41, 5.74) is -0.759. The highest BCUT2D eigenvalue weighted by molar-refractivity contribution is 5.75. The number of carbonyl (C=O) groups excluding carboxylic acids is 1. The third-order valence-electron chi connectivity index (χ3n) is 4.95. The van der Waals surface area contributed by atoms with Crippen LogP contribution in [0.4, 0.5) is 13.2 Å². The van der Waals surface area contributed by atoms with Crippen LogP contribution in [0, 0.1) is 5.92 Å². The van der Waals surface area contributed by atoms with Crippen molar-refractivity contribution in [2.45, 2.75) is 69.9 Å². The minimum atomic E-state index is -5.08. The molecule has 178 valence electrons. The van der Waals surface area contributed by atoms with Gasteiger partial charge in [0, 0.05) is 20.1 Å². The first-order chi connectivity index (χ1) is 14.3. The molecule has 4 N–H and O–H groups in total. The van der Waals surface area contributed by atoms with E-state index in [9.17, 15) is 27.9 Å². The Kier molecular flexibility index (Phi) is 11.5. The van der Waals surface area contributed by atoms with Crippen LogP contribution in [-0.2, 0) is 19.1 Å². The molecule has 0 unspecified atom stereocenters. The van der Waals surface area contributed by atoms with Crippen molar-refractivity contribution in [3.63, 3.8) is 0 Å². The number of rotatable bonds is 9. The quantitative estimate of drug-likeness (QED) is 0.396. The molecule has 0 spiro atoms. The number of carboxylic acids is 2. The summed E-state index contributed by atoms with van der Waals surface area (Å²) in [5, 5.41) is 22.6. The Bertz CT molecular complexity index is 668. The maximum atomic E-state index is 11.8. The molecule has 0 radical (unpaired) electrons. The standard InChI is InChI=1S/C18H30N2O4.C2HF3O2/c1-6-9-13-11-14(17(22)23)20-15(13)16(19-12(4)21)18(8-3,24-5)10-7-2;3-2(4,5)1(6)7/h6,8-9,13-16,20H,3,7,10-11H2,1-2,4-5H3,(H,19,21)(H,22,23);(H,6,7)/b9-6-;/t13-,14-,15-,16-,18+;/m1./s1. The highest BCUT2D eigenvalue weighted by atomic mass is 19.4. The number of carboxylic acid groups (broad SMARTS) is 2. The fraction of sp³-hybridized carbons (Fsp3) is 0.650. The fourth-order valence-electron chi connectivity index (χ4n) is 3.63. The second kappa shape index (κ2) is 12.5. The van der Waals surface area contributed by atoms with Crippen LogP contribution in [-0.4, -0.2) is 65.1 Å². The van der Waals surface area contributed by atoms with Gasteiger partial charge in [-0.1, -0.05) is 31.6 Å². The van der Waals surface area contributed by atoms with Crippen LogP contribution >= 0.6 is 0 Å². The van der Waals surface area contributed by atoms with Crippen LogP contribution < -0.4 is 10.6 Å². The average Bonchev–Trinajstić information content (AvgIpc) is 3.08. The van der Waals surface area contributed by atoms with E-state index >= 15 is 0 Å². The van der Waals surface area contributed by atoms with E-state index in [4.69, 9.17) is 14.6 Å². The predicted molar refractivity (Wildman–Crippen MR) is 107 cm³/mol. The molecule has 5 atom stereocenters. The molecule has 31 heavy (non-hydrogen) atoms. The lowest BCUT2D eigenvalue weighted by Crippen LogP contribution is -2.62. The first-order valence-electron chi connectivity index (χ1n) is 9.67. The third kappa shape index (κ3) is 8.33. The second-order valence-corrected chi connectivity index (χ2v) is 7.10. The number of alkyl halides is 3. The molecule has 1 heterocycles. The zero-order chi connectivity index (χ0) is 24.4. The maximum absolute atomic E-state index is 11.8. The Morgan fingerprint density at radius 2 is 1.87 bits per heavy atom. The lowest BCUT2D eigenvalue weighted by molar-refractivity contribution is -0.192. The summed E-state index contributed by atoms with van der Waals surface area (Å²) in [6, 6.07) is -1.31. The molecule has 1 amide bonds. The largest absolute Gasteiger partial charge is 0.490 e. The van der Waals surface area contributed by atoms with E-state index < -0.39 is 35.8 Å². The number of hydrogen-bond acceptors (Lipinski definition) is 5. The van der Waals surface area contributed by atoms with E-state index in [0.29, 0.717) is 12.8 Å². The third-order valence-corrected chi connectivity index (χ3v) is 4.95. The summed E-state index contributed by atoms with van der Waals surface area (Å²) in [5.74, 6) is -3.84. The molecule has 0 aromatic carbocycles. The zero-order valence-electron chi connectivity index (χ0n) is 18.0. The topological polar surface area (TPSA) is 125 Å². The molecule has 1 fully saturated rings. The van der Waals surface area contributed by atoms with Gasteiger partial charge < -0.3 is 20.3 Å². The molecular weight excluding hydrogens is 421 g/mol. The van der Waals surface area contributed by atoms with E-state index in [-0.39, 0.29) is 17.9 Å². The first kappa shape index (κ1) is 28.6. The molecule has 1 saturated heterocycles. The van der Waals surface area contributed by atoms with Crippen molar-refractivity contribution in [3.05, 3.63) is 24.8 Å². The van der Waals surface area contributed by atoms with Gasteiger partial charge in [-0.25, -0.2) is 4.79 Å². The number of nitrogens with one attached hydrogen (secondary N) is 2. The van der Waals surface area contributed by atoms with Crippen LogP contribution in [0.1, 0.15) is 40.0 Å². The van der Waals surface area contributed by atoms with Gasteiger partial charge in [-0.15, -0.1) is 6.58 Å². The number of methoxy groups -OCH3 is 1. The Labute approximate surface area is 179 Å². The van der Waals surface area contributed by atoms with E-state index in [1.165, 1.54) is 6.92 Å². The van der Waals surface area contributed by atoms with Gasteiger partial charge in [0.1, 0.15) is 11.6 Å². The smallest absolute Gasteiger partial charge is 0.480 e. The lowest BCUT2D eigenvalue weighted by atomic mass is 9.80. The number of carbonyl (C=O) groups is 3. The van der Waals surface area contributed by atoms with Crippen molar-refractivity contribution in [1.29, 1.82) is 0 Å². The number of halogens is 3. The van der Waals surface area contributed by atoms with Gasteiger partial charge in [0.2, 0.25) is 5.91 Å². The molecule has 0 aliphatic carbocycles. The Morgan fingerprint density at radius 1 is 1.32 bits per heavy atom. The van der Waals surface area contributed by atoms with Gasteiger partial charge in [-0.2, -0.15) is 13.2 Å². The Hall–Kier alpha value is -2.40. The van der Waals surface area contributed by atoms with E-state index in [2.05, 4.69) is 17.2 Å². The molecule has 0 saturated carbocycles. The van der Waals surface area contributed by atoms with Crippen molar-refractivity contribution in [3.8, 4) is 0 Å². The number of ether oxygens (including phenoxy) is 1. The van der Waals surface area contributed by atoms with Gasteiger partial charge in [0.05, 0.1) is 6.04 Å². The van der Waals surface area contributed by atoms with Gasteiger partial charge in [-0.05, 0) is 25.7 Å². The number of allylic oxidation sites excluding steroid dienone is 1. The normalized spacial score (nSPS) is 23.9. The van der Waals surface area contributed by atoms with E-state index in [1.807, 2.05) is 26.0 Å². The summed E-state index contributed by atoms with van der Waals surface area (Å²) in [7, 11) is 1.60. The molecule has 11 heteroatoms. The van der Waals surface area contributed by atoms with Gasteiger partial charge in [0.25, 0.3) is 0 Å². The molecule has 8 nitrogen and oxygen atoms in total. The molecule has 0 bridgehead atoms. The zero-order valence-corrected chi connectivity index (χ0v) is 18.0.